The van der Waals surface area contributed by atoms with E-state index in [1.807, 2.05) is 11.8 Å². The van der Waals surface area contributed by atoms with Crippen molar-refractivity contribution in [1.82, 2.24) is 0 Å². The highest BCUT2D eigenvalue weighted by Crippen LogP contribution is 2.20. The summed E-state index contributed by atoms with van der Waals surface area (Å²) in [7, 11) is 0. The lowest BCUT2D eigenvalue weighted by Gasteiger charge is -2.10. The average Bonchev–Trinajstić information content (AvgIpc) is 2.24. The maximum Gasteiger partial charge on any atom is 0.122 e. The molecular formula is C13H20OS. The van der Waals surface area contributed by atoms with Gasteiger partial charge in [-0.1, -0.05) is 19.1 Å². The Bertz CT molecular complexity index is 297. The Kier molecular flexibility index (Phi) is 5.62. The molecule has 1 rings (SSSR count). The molecule has 0 radical (unpaired) electrons. The highest BCUT2D eigenvalue weighted by molar-refractivity contribution is 7.99. The zero-order chi connectivity index (χ0) is 11.1. The van der Waals surface area contributed by atoms with Gasteiger partial charge in [0.1, 0.15) is 5.75 Å². The van der Waals surface area contributed by atoms with Crippen LogP contribution >= 0.6 is 11.8 Å². The molecule has 0 aromatic heterocycles. The molecule has 84 valence electrons. The fraction of sp³-hybridized carbons (Fsp3) is 0.538. The minimum Gasteiger partial charge on any atom is -0.493 e. The van der Waals surface area contributed by atoms with E-state index in [0.717, 1.165) is 18.8 Å². The molecule has 0 aliphatic rings. The van der Waals surface area contributed by atoms with E-state index < -0.39 is 0 Å². The van der Waals surface area contributed by atoms with Crippen molar-refractivity contribution in [2.45, 2.75) is 27.2 Å². The van der Waals surface area contributed by atoms with E-state index in [9.17, 15) is 0 Å². The highest BCUT2D eigenvalue weighted by atomic mass is 32.2. The Balaban J connectivity index is 2.34. The normalized spacial score (nSPS) is 10.3. The monoisotopic (exact) mass is 224 g/mol. The van der Waals surface area contributed by atoms with E-state index in [0.29, 0.717) is 0 Å². The Labute approximate surface area is 97.2 Å². The van der Waals surface area contributed by atoms with Crippen LogP contribution in [0, 0.1) is 13.8 Å². The molecule has 0 aliphatic carbocycles. The lowest BCUT2D eigenvalue weighted by molar-refractivity contribution is 0.316. The fourth-order valence-corrected chi connectivity index (χ4v) is 1.98. The molecule has 1 nitrogen and oxygen atoms in total. The molecule has 1 aromatic rings. The van der Waals surface area contributed by atoms with Gasteiger partial charge >= 0.3 is 0 Å². The summed E-state index contributed by atoms with van der Waals surface area (Å²) in [4.78, 5) is 0. The molecule has 0 unspecified atom stereocenters. The first-order chi connectivity index (χ1) is 7.25. The minimum atomic E-state index is 0.831. The lowest BCUT2D eigenvalue weighted by Crippen LogP contribution is -2.00. The third-order valence-electron chi connectivity index (χ3n) is 2.45. The zero-order valence-corrected chi connectivity index (χ0v) is 10.7. The van der Waals surface area contributed by atoms with Crippen molar-refractivity contribution in [2.24, 2.45) is 0 Å². The first kappa shape index (κ1) is 12.4. The summed E-state index contributed by atoms with van der Waals surface area (Å²) in [5.74, 6) is 3.43. The van der Waals surface area contributed by atoms with Crippen LogP contribution in [0.15, 0.2) is 18.2 Å². The molecule has 0 N–H and O–H groups in total. The van der Waals surface area contributed by atoms with Gasteiger partial charge in [0.15, 0.2) is 0 Å². The molecule has 15 heavy (non-hydrogen) atoms. The molecule has 0 fully saturated rings. The van der Waals surface area contributed by atoms with Crippen molar-refractivity contribution >= 4 is 11.8 Å². The molecule has 0 saturated carbocycles. The second-order valence-corrected chi connectivity index (χ2v) is 4.99. The molecule has 2 heteroatoms. The number of rotatable bonds is 6. The summed E-state index contributed by atoms with van der Waals surface area (Å²) in [6.07, 6.45) is 1.13. The van der Waals surface area contributed by atoms with Crippen molar-refractivity contribution in [3.63, 3.8) is 0 Å². The van der Waals surface area contributed by atoms with E-state index in [2.05, 4.69) is 39.0 Å². The third-order valence-corrected chi connectivity index (χ3v) is 3.44. The summed E-state index contributed by atoms with van der Waals surface area (Å²) >= 11 is 1.97. The van der Waals surface area contributed by atoms with Gasteiger partial charge in [0.05, 0.1) is 6.61 Å². The third kappa shape index (κ3) is 4.17. The molecule has 1 aromatic carbocycles. The number of ether oxygens (including phenoxy) is 1. The second kappa shape index (κ2) is 6.78. The van der Waals surface area contributed by atoms with Crippen LogP contribution in [-0.2, 0) is 0 Å². The van der Waals surface area contributed by atoms with E-state index in [4.69, 9.17) is 4.74 Å². The molecule has 0 spiro atoms. The van der Waals surface area contributed by atoms with Crippen LogP contribution in [0.4, 0.5) is 0 Å². The SMILES string of the molecule is CCSCCCOc1cccc(C)c1C. The van der Waals surface area contributed by atoms with Gasteiger partial charge in [0.25, 0.3) is 0 Å². The molecular weight excluding hydrogens is 204 g/mol. The van der Waals surface area contributed by atoms with Gasteiger partial charge in [-0.15, -0.1) is 0 Å². The van der Waals surface area contributed by atoms with Gasteiger partial charge < -0.3 is 4.74 Å². The van der Waals surface area contributed by atoms with Gasteiger partial charge in [-0.3, -0.25) is 0 Å². The summed E-state index contributed by atoms with van der Waals surface area (Å²) in [6.45, 7) is 7.26. The van der Waals surface area contributed by atoms with Crippen LogP contribution in [0.5, 0.6) is 5.75 Å². The van der Waals surface area contributed by atoms with Crippen LogP contribution in [0.1, 0.15) is 24.5 Å². The predicted molar refractivity (Wildman–Crippen MR) is 69.0 cm³/mol. The Hall–Kier alpha value is -0.630. The first-order valence-corrected chi connectivity index (χ1v) is 6.68. The van der Waals surface area contributed by atoms with Crippen LogP contribution < -0.4 is 4.74 Å². The van der Waals surface area contributed by atoms with Gasteiger partial charge in [0.2, 0.25) is 0 Å². The zero-order valence-electron chi connectivity index (χ0n) is 9.88. The van der Waals surface area contributed by atoms with E-state index in [-0.39, 0.29) is 0 Å². The number of hydrogen-bond donors (Lipinski definition) is 0. The number of benzene rings is 1. The van der Waals surface area contributed by atoms with Crippen LogP contribution in [0.3, 0.4) is 0 Å². The van der Waals surface area contributed by atoms with Crippen LogP contribution in [0.25, 0.3) is 0 Å². The maximum absolute atomic E-state index is 5.75. The number of aryl methyl sites for hydroxylation is 1. The van der Waals surface area contributed by atoms with Crippen molar-refractivity contribution in [3.8, 4) is 5.75 Å². The molecule has 0 bridgehead atoms. The van der Waals surface area contributed by atoms with Crippen molar-refractivity contribution in [2.75, 3.05) is 18.1 Å². The maximum atomic E-state index is 5.75. The fourth-order valence-electron chi connectivity index (χ4n) is 1.37. The molecule has 0 atom stereocenters. The minimum absolute atomic E-state index is 0.831. The van der Waals surface area contributed by atoms with Gasteiger partial charge in [0, 0.05) is 0 Å². The lowest BCUT2D eigenvalue weighted by atomic mass is 10.1. The number of thioether (sulfide) groups is 1. The molecule has 0 amide bonds. The number of hydrogen-bond acceptors (Lipinski definition) is 2. The van der Waals surface area contributed by atoms with Crippen LogP contribution in [0.2, 0.25) is 0 Å². The smallest absolute Gasteiger partial charge is 0.122 e. The standard InChI is InChI=1S/C13H20OS/c1-4-15-10-6-9-14-13-8-5-7-11(2)12(13)3/h5,7-8H,4,6,9-10H2,1-3H3. The summed E-state index contributed by atoms with van der Waals surface area (Å²) in [5, 5.41) is 0. The predicted octanol–water partition coefficient (Wildman–Crippen LogP) is 3.83. The Morgan fingerprint density at radius 3 is 2.80 bits per heavy atom. The van der Waals surface area contributed by atoms with Gasteiger partial charge in [-0.2, -0.15) is 11.8 Å². The molecule has 0 aliphatic heterocycles. The molecule has 0 heterocycles. The molecule has 0 saturated heterocycles. The Morgan fingerprint density at radius 1 is 1.27 bits per heavy atom. The largest absolute Gasteiger partial charge is 0.493 e. The average molecular weight is 224 g/mol. The topological polar surface area (TPSA) is 9.23 Å². The summed E-state index contributed by atoms with van der Waals surface area (Å²) in [6, 6.07) is 6.23. The van der Waals surface area contributed by atoms with E-state index in [1.54, 1.807) is 0 Å². The Morgan fingerprint density at radius 2 is 2.07 bits per heavy atom. The van der Waals surface area contributed by atoms with Gasteiger partial charge in [-0.25, -0.2) is 0 Å². The van der Waals surface area contributed by atoms with Gasteiger partial charge in [-0.05, 0) is 49.0 Å². The first-order valence-electron chi connectivity index (χ1n) is 5.52. The highest BCUT2D eigenvalue weighted by Gasteiger charge is 2.00. The van der Waals surface area contributed by atoms with E-state index >= 15 is 0 Å². The van der Waals surface area contributed by atoms with Crippen molar-refractivity contribution in [3.05, 3.63) is 29.3 Å². The quantitative estimate of drug-likeness (QED) is 0.679. The summed E-state index contributed by atoms with van der Waals surface area (Å²) < 4.78 is 5.75. The van der Waals surface area contributed by atoms with E-state index in [1.165, 1.54) is 22.6 Å². The summed E-state index contributed by atoms with van der Waals surface area (Å²) in [5.41, 5.74) is 2.57. The second-order valence-electron chi connectivity index (χ2n) is 3.60. The van der Waals surface area contributed by atoms with Crippen LogP contribution in [-0.4, -0.2) is 18.1 Å². The van der Waals surface area contributed by atoms with Crippen molar-refractivity contribution < 1.29 is 4.74 Å². The van der Waals surface area contributed by atoms with Crippen molar-refractivity contribution in [1.29, 1.82) is 0 Å².